The van der Waals surface area contributed by atoms with Crippen LogP contribution in [0.5, 0.6) is 0 Å². The van der Waals surface area contributed by atoms with E-state index in [2.05, 4.69) is 140 Å². The van der Waals surface area contributed by atoms with Crippen LogP contribution in [0.25, 0.3) is 0 Å². The Morgan fingerprint density at radius 2 is 0.833 bits per heavy atom. The number of allylic oxidation sites excluding steroid dienone is 22. The second-order valence-corrected chi connectivity index (χ2v) is 13.1. The molecule has 0 saturated carbocycles. The Hall–Kier alpha value is -3.52. The number of rotatable bonds is 10. The van der Waals surface area contributed by atoms with Crippen molar-refractivity contribution in [1.82, 2.24) is 0 Å². The molecule has 0 unspecified atom stereocenters. The quantitative estimate of drug-likeness (QED) is 0.247. The number of hydrogen-bond acceptors (Lipinski definition) is 2. The largest absolute Gasteiger partial charge is 0.295 e. The molecule has 2 aliphatic rings. The molecule has 0 radical (unpaired) electrons. The summed E-state index contributed by atoms with van der Waals surface area (Å²) in [7, 11) is 0. The Bertz CT molecular complexity index is 1270. The van der Waals surface area contributed by atoms with Crippen LogP contribution in [0.15, 0.2) is 130 Å². The van der Waals surface area contributed by atoms with E-state index in [1.54, 1.807) is 0 Å². The standard InChI is InChI=1S/C40H52O2/c1-29(17-13-19-31(3)21-23-35-33(5)37(41)25-27-39(35,7)8)15-11-12-16-30(2)18-14-20-32(4)22-24-36-34(6)38(42)26-28-40(36,9)10/h11-24H,25-28H2,1-10H3/b12-11-,17-13+,18-14+,23-21+,24-22+,29-15+,30-16+,31-19+,32-20+. The van der Waals surface area contributed by atoms with Gasteiger partial charge in [0.15, 0.2) is 11.6 Å². The van der Waals surface area contributed by atoms with Crippen molar-refractivity contribution in [2.24, 2.45) is 10.8 Å². The predicted molar refractivity (Wildman–Crippen MR) is 182 cm³/mol. The summed E-state index contributed by atoms with van der Waals surface area (Å²) in [6.45, 7) is 21.1. The fourth-order valence-electron chi connectivity index (χ4n) is 5.28. The molecule has 0 aromatic heterocycles. The molecule has 0 fully saturated rings. The third-order valence-corrected chi connectivity index (χ3v) is 8.35. The summed E-state index contributed by atoms with van der Waals surface area (Å²) in [5, 5.41) is 0. The van der Waals surface area contributed by atoms with Gasteiger partial charge in [0.1, 0.15) is 0 Å². The first kappa shape index (κ1) is 34.7. The zero-order valence-electron chi connectivity index (χ0n) is 27.7. The van der Waals surface area contributed by atoms with Crippen molar-refractivity contribution in [3.8, 4) is 0 Å². The molecule has 0 aromatic carbocycles. The van der Waals surface area contributed by atoms with E-state index < -0.39 is 0 Å². The molecular weight excluding hydrogens is 512 g/mol. The number of Topliss-reactive ketones (excluding diaryl/α,β-unsaturated/α-hetero) is 2. The van der Waals surface area contributed by atoms with Crippen LogP contribution in [0.2, 0.25) is 0 Å². The molecule has 0 heterocycles. The van der Waals surface area contributed by atoms with Crippen LogP contribution in [-0.2, 0) is 9.59 Å². The van der Waals surface area contributed by atoms with E-state index in [-0.39, 0.29) is 22.4 Å². The van der Waals surface area contributed by atoms with Gasteiger partial charge in [-0.1, -0.05) is 135 Å². The van der Waals surface area contributed by atoms with Gasteiger partial charge in [-0.25, -0.2) is 0 Å². The summed E-state index contributed by atoms with van der Waals surface area (Å²) in [5.74, 6) is 0.542. The number of hydrogen-bond donors (Lipinski definition) is 0. The molecular formula is C40H52O2. The Morgan fingerprint density at radius 3 is 1.19 bits per heavy atom. The zero-order valence-corrected chi connectivity index (χ0v) is 27.7. The number of carbonyl (C=O) groups excluding carboxylic acids is 2. The molecule has 0 N–H and O–H groups in total. The SMILES string of the molecule is CC1=C(/C=C/C(C)=C/C=C/C(C)=C/C=C\C=C(C)\C=C\C=C(C)\C=C\C2=C(C)C(=O)CCC2(C)C)C(C)(C)CCC1=O. The molecule has 0 atom stereocenters. The van der Waals surface area contributed by atoms with Crippen LogP contribution < -0.4 is 0 Å². The van der Waals surface area contributed by atoms with Crippen molar-refractivity contribution in [1.29, 1.82) is 0 Å². The lowest BCUT2D eigenvalue weighted by molar-refractivity contribution is -0.117. The van der Waals surface area contributed by atoms with E-state index in [1.165, 1.54) is 0 Å². The Balaban J connectivity index is 1.93. The average Bonchev–Trinajstić information content (AvgIpc) is 2.91. The molecule has 2 heteroatoms. The normalized spacial score (nSPS) is 21.6. The zero-order chi connectivity index (χ0) is 31.5. The molecule has 42 heavy (non-hydrogen) atoms. The van der Waals surface area contributed by atoms with Crippen LogP contribution >= 0.6 is 0 Å². The maximum Gasteiger partial charge on any atom is 0.158 e. The van der Waals surface area contributed by atoms with Gasteiger partial charge in [-0.3, -0.25) is 9.59 Å². The minimum absolute atomic E-state index is 0.0404. The van der Waals surface area contributed by atoms with Gasteiger partial charge in [-0.05, 0) is 87.5 Å². The number of ketones is 2. The highest BCUT2D eigenvalue weighted by Gasteiger charge is 2.31. The van der Waals surface area contributed by atoms with Crippen molar-refractivity contribution in [3.05, 3.63) is 130 Å². The van der Waals surface area contributed by atoms with Gasteiger partial charge in [0.25, 0.3) is 0 Å². The Labute approximate surface area is 256 Å². The van der Waals surface area contributed by atoms with E-state index in [4.69, 9.17) is 0 Å². The summed E-state index contributed by atoms with van der Waals surface area (Å²) >= 11 is 0. The second-order valence-electron chi connectivity index (χ2n) is 13.1. The summed E-state index contributed by atoms with van der Waals surface area (Å²) in [6.07, 6.45) is 32.4. The van der Waals surface area contributed by atoms with E-state index in [0.29, 0.717) is 12.8 Å². The van der Waals surface area contributed by atoms with Crippen LogP contribution in [0, 0.1) is 10.8 Å². The van der Waals surface area contributed by atoms with E-state index in [9.17, 15) is 9.59 Å². The minimum atomic E-state index is 0.0404. The van der Waals surface area contributed by atoms with Crippen LogP contribution in [0.1, 0.15) is 94.9 Å². The highest BCUT2D eigenvalue weighted by atomic mass is 16.1. The first-order chi connectivity index (χ1) is 19.6. The lowest BCUT2D eigenvalue weighted by atomic mass is 9.72. The molecule has 0 aliphatic heterocycles. The highest BCUT2D eigenvalue weighted by molar-refractivity contribution is 5.97. The first-order valence-corrected chi connectivity index (χ1v) is 15.2. The van der Waals surface area contributed by atoms with Crippen molar-refractivity contribution < 1.29 is 9.59 Å². The first-order valence-electron chi connectivity index (χ1n) is 15.2. The van der Waals surface area contributed by atoms with Gasteiger partial charge in [-0.15, -0.1) is 0 Å². The van der Waals surface area contributed by atoms with E-state index in [0.717, 1.165) is 57.4 Å². The molecule has 2 nitrogen and oxygen atoms in total. The smallest absolute Gasteiger partial charge is 0.158 e. The molecule has 0 aromatic rings. The highest BCUT2D eigenvalue weighted by Crippen LogP contribution is 2.40. The van der Waals surface area contributed by atoms with Crippen LogP contribution in [0.4, 0.5) is 0 Å². The average molecular weight is 565 g/mol. The molecule has 0 saturated heterocycles. The molecule has 2 aliphatic carbocycles. The molecule has 224 valence electrons. The second kappa shape index (κ2) is 15.6. The maximum absolute atomic E-state index is 12.2. The van der Waals surface area contributed by atoms with Crippen molar-refractivity contribution in [3.63, 3.8) is 0 Å². The van der Waals surface area contributed by atoms with Crippen molar-refractivity contribution >= 4 is 11.6 Å². The van der Waals surface area contributed by atoms with Gasteiger partial charge in [0, 0.05) is 12.8 Å². The monoisotopic (exact) mass is 564 g/mol. The van der Waals surface area contributed by atoms with Gasteiger partial charge in [0.2, 0.25) is 0 Å². The third kappa shape index (κ3) is 10.7. The van der Waals surface area contributed by atoms with Gasteiger partial charge in [0.05, 0.1) is 0 Å². The number of carbonyl (C=O) groups is 2. The Kier molecular flexibility index (Phi) is 12.9. The van der Waals surface area contributed by atoms with E-state index >= 15 is 0 Å². The predicted octanol–water partition coefficient (Wildman–Crippen LogP) is 11.0. The topological polar surface area (TPSA) is 34.1 Å². The fraction of sp³-hybridized carbons (Fsp3) is 0.400. The maximum atomic E-state index is 12.2. The fourth-order valence-corrected chi connectivity index (χ4v) is 5.28. The molecule has 0 bridgehead atoms. The summed E-state index contributed by atoms with van der Waals surface area (Å²) < 4.78 is 0. The minimum Gasteiger partial charge on any atom is -0.295 e. The summed E-state index contributed by atoms with van der Waals surface area (Å²) in [6, 6.07) is 0. The van der Waals surface area contributed by atoms with Gasteiger partial charge < -0.3 is 0 Å². The van der Waals surface area contributed by atoms with E-state index in [1.807, 2.05) is 13.8 Å². The van der Waals surface area contributed by atoms with Gasteiger partial charge in [-0.2, -0.15) is 0 Å². The molecule has 0 amide bonds. The lowest BCUT2D eigenvalue weighted by Gasteiger charge is -2.32. The van der Waals surface area contributed by atoms with Crippen LogP contribution in [0.3, 0.4) is 0 Å². The third-order valence-electron chi connectivity index (χ3n) is 8.35. The summed E-state index contributed by atoms with van der Waals surface area (Å²) in [4.78, 5) is 24.3. The van der Waals surface area contributed by atoms with Crippen molar-refractivity contribution in [2.45, 2.75) is 94.9 Å². The van der Waals surface area contributed by atoms with Gasteiger partial charge >= 0.3 is 0 Å². The molecule has 2 rings (SSSR count). The summed E-state index contributed by atoms with van der Waals surface area (Å²) in [5.41, 5.74) is 8.82. The Morgan fingerprint density at radius 1 is 0.524 bits per heavy atom. The lowest BCUT2D eigenvalue weighted by Crippen LogP contribution is -2.24. The van der Waals surface area contributed by atoms with Crippen molar-refractivity contribution in [2.75, 3.05) is 0 Å². The van der Waals surface area contributed by atoms with Crippen LogP contribution in [-0.4, -0.2) is 11.6 Å². The molecule has 0 spiro atoms.